The Kier molecular flexibility index (Phi) is 6.66. The van der Waals surface area contributed by atoms with Gasteiger partial charge < -0.3 is 10.6 Å². The lowest BCUT2D eigenvalue weighted by Gasteiger charge is -2.08. The summed E-state index contributed by atoms with van der Waals surface area (Å²) in [5.41, 5.74) is 1.10. The van der Waals surface area contributed by atoms with Gasteiger partial charge in [-0.1, -0.05) is 26.0 Å². The van der Waals surface area contributed by atoms with Gasteiger partial charge in [-0.25, -0.2) is 0 Å². The standard InChI is InChI=1S/C14H21N3O3/c1-11(2)9-16-14(18)10-15-8-7-12-3-5-13(6-4-12)17(19)20/h3-6,11,15H,7-10H2,1-2H3,(H,16,18). The second kappa shape index (κ2) is 8.27. The van der Waals surface area contributed by atoms with Crippen molar-refractivity contribution in [1.29, 1.82) is 0 Å². The van der Waals surface area contributed by atoms with Gasteiger partial charge in [-0.2, -0.15) is 0 Å². The van der Waals surface area contributed by atoms with Crippen LogP contribution in [0.5, 0.6) is 0 Å². The number of amides is 1. The molecule has 1 aromatic carbocycles. The van der Waals surface area contributed by atoms with E-state index in [1.807, 2.05) is 13.8 Å². The maximum Gasteiger partial charge on any atom is 0.269 e. The average molecular weight is 279 g/mol. The molecule has 0 saturated heterocycles. The monoisotopic (exact) mass is 279 g/mol. The lowest BCUT2D eigenvalue weighted by molar-refractivity contribution is -0.384. The summed E-state index contributed by atoms with van der Waals surface area (Å²) in [6, 6.07) is 6.45. The Labute approximate surface area is 118 Å². The normalized spacial score (nSPS) is 10.6. The second-order valence-corrected chi connectivity index (χ2v) is 5.05. The molecule has 0 aliphatic rings. The third-order valence-corrected chi connectivity index (χ3v) is 2.73. The number of hydrogen-bond acceptors (Lipinski definition) is 4. The van der Waals surface area contributed by atoms with E-state index in [0.29, 0.717) is 25.6 Å². The summed E-state index contributed by atoms with van der Waals surface area (Å²) in [5, 5.41) is 16.4. The fraction of sp³-hybridized carbons (Fsp3) is 0.500. The van der Waals surface area contributed by atoms with Crippen LogP contribution in [0.2, 0.25) is 0 Å². The number of hydrogen-bond donors (Lipinski definition) is 2. The Hall–Kier alpha value is -1.95. The molecule has 0 aliphatic heterocycles. The van der Waals surface area contributed by atoms with Gasteiger partial charge in [0.25, 0.3) is 5.69 Å². The number of rotatable bonds is 8. The van der Waals surface area contributed by atoms with E-state index in [4.69, 9.17) is 0 Å². The second-order valence-electron chi connectivity index (χ2n) is 5.05. The van der Waals surface area contributed by atoms with Crippen LogP contribution in [0.3, 0.4) is 0 Å². The summed E-state index contributed by atoms with van der Waals surface area (Å²) in [5.74, 6) is 0.432. The Morgan fingerprint density at radius 1 is 1.30 bits per heavy atom. The van der Waals surface area contributed by atoms with Crippen LogP contribution in [0.15, 0.2) is 24.3 Å². The van der Waals surface area contributed by atoms with Gasteiger partial charge in [-0.15, -0.1) is 0 Å². The molecule has 110 valence electrons. The molecule has 0 atom stereocenters. The first-order chi connectivity index (χ1) is 9.49. The molecule has 1 amide bonds. The average Bonchev–Trinajstić information content (AvgIpc) is 2.42. The van der Waals surface area contributed by atoms with Crippen molar-refractivity contribution >= 4 is 11.6 Å². The highest BCUT2D eigenvalue weighted by Gasteiger charge is 2.04. The molecule has 0 aromatic heterocycles. The molecule has 0 aliphatic carbocycles. The zero-order valence-electron chi connectivity index (χ0n) is 11.9. The third kappa shape index (κ3) is 6.29. The first-order valence-electron chi connectivity index (χ1n) is 6.69. The van der Waals surface area contributed by atoms with E-state index in [-0.39, 0.29) is 11.6 Å². The quantitative estimate of drug-likeness (QED) is 0.429. The minimum atomic E-state index is -0.416. The first-order valence-corrected chi connectivity index (χ1v) is 6.69. The molecule has 0 radical (unpaired) electrons. The fourth-order valence-corrected chi connectivity index (χ4v) is 1.60. The van der Waals surface area contributed by atoms with Gasteiger partial charge in [-0.05, 0) is 24.4 Å². The summed E-state index contributed by atoms with van der Waals surface area (Å²) >= 11 is 0. The third-order valence-electron chi connectivity index (χ3n) is 2.73. The van der Waals surface area contributed by atoms with Crippen molar-refractivity contribution in [1.82, 2.24) is 10.6 Å². The predicted molar refractivity (Wildman–Crippen MR) is 77.5 cm³/mol. The van der Waals surface area contributed by atoms with E-state index in [2.05, 4.69) is 10.6 Å². The topological polar surface area (TPSA) is 84.3 Å². The summed E-state index contributed by atoms with van der Waals surface area (Å²) in [6.45, 7) is 5.72. The largest absolute Gasteiger partial charge is 0.355 e. The molecular formula is C14H21N3O3. The van der Waals surface area contributed by atoms with Crippen LogP contribution in [-0.2, 0) is 11.2 Å². The van der Waals surface area contributed by atoms with E-state index in [0.717, 1.165) is 12.0 Å². The number of benzene rings is 1. The van der Waals surface area contributed by atoms with Gasteiger partial charge in [0.05, 0.1) is 11.5 Å². The van der Waals surface area contributed by atoms with Crippen molar-refractivity contribution in [3.8, 4) is 0 Å². The first kappa shape index (κ1) is 16.1. The molecule has 0 heterocycles. The Morgan fingerprint density at radius 2 is 1.95 bits per heavy atom. The number of nitro groups is 1. The molecule has 0 fully saturated rings. The minimum Gasteiger partial charge on any atom is -0.355 e. The maximum atomic E-state index is 11.4. The van der Waals surface area contributed by atoms with Crippen molar-refractivity contribution in [3.63, 3.8) is 0 Å². The van der Waals surface area contributed by atoms with Crippen LogP contribution in [0.1, 0.15) is 19.4 Å². The van der Waals surface area contributed by atoms with Crippen LogP contribution in [-0.4, -0.2) is 30.5 Å². The molecule has 20 heavy (non-hydrogen) atoms. The van der Waals surface area contributed by atoms with Crippen molar-refractivity contribution < 1.29 is 9.72 Å². The molecule has 6 heteroatoms. The number of nitro benzene ring substituents is 1. The van der Waals surface area contributed by atoms with Gasteiger partial charge in [-0.3, -0.25) is 14.9 Å². The number of carbonyl (C=O) groups is 1. The zero-order valence-corrected chi connectivity index (χ0v) is 11.9. The van der Waals surface area contributed by atoms with E-state index < -0.39 is 4.92 Å². The van der Waals surface area contributed by atoms with E-state index in [1.165, 1.54) is 12.1 Å². The summed E-state index contributed by atoms with van der Waals surface area (Å²) in [6.07, 6.45) is 0.732. The Balaban J connectivity index is 2.21. The van der Waals surface area contributed by atoms with Crippen LogP contribution in [0.4, 0.5) is 5.69 Å². The van der Waals surface area contributed by atoms with Gasteiger partial charge in [0.1, 0.15) is 0 Å². The van der Waals surface area contributed by atoms with Crippen molar-refractivity contribution in [3.05, 3.63) is 39.9 Å². The van der Waals surface area contributed by atoms with Gasteiger partial charge >= 0.3 is 0 Å². The van der Waals surface area contributed by atoms with Crippen molar-refractivity contribution in [2.24, 2.45) is 5.92 Å². The number of carbonyl (C=O) groups excluding carboxylic acids is 1. The molecule has 1 rings (SSSR count). The number of nitrogens with one attached hydrogen (secondary N) is 2. The minimum absolute atomic E-state index is 0.0117. The molecule has 6 nitrogen and oxygen atoms in total. The Morgan fingerprint density at radius 3 is 2.50 bits per heavy atom. The molecule has 0 saturated carbocycles. The summed E-state index contributed by atoms with van der Waals surface area (Å²) in [7, 11) is 0. The SMILES string of the molecule is CC(C)CNC(=O)CNCCc1ccc([N+](=O)[O-])cc1. The predicted octanol–water partition coefficient (Wildman–Crippen LogP) is 1.50. The molecule has 0 bridgehead atoms. The summed E-state index contributed by atoms with van der Waals surface area (Å²) < 4.78 is 0. The van der Waals surface area contributed by atoms with Crippen molar-refractivity contribution in [2.45, 2.75) is 20.3 Å². The summed E-state index contributed by atoms with van der Waals surface area (Å²) in [4.78, 5) is 21.5. The van der Waals surface area contributed by atoms with Crippen LogP contribution in [0, 0.1) is 16.0 Å². The smallest absolute Gasteiger partial charge is 0.269 e. The lowest BCUT2D eigenvalue weighted by Crippen LogP contribution is -2.36. The van der Waals surface area contributed by atoms with E-state index in [9.17, 15) is 14.9 Å². The van der Waals surface area contributed by atoms with Gasteiger partial charge in [0, 0.05) is 18.7 Å². The van der Waals surface area contributed by atoms with Gasteiger partial charge in [0.15, 0.2) is 0 Å². The van der Waals surface area contributed by atoms with E-state index in [1.54, 1.807) is 12.1 Å². The zero-order chi connectivity index (χ0) is 15.0. The number of nitrogens with zero attached hydrogens (tertiary/aromatic N) is 1. The van der Waals surface area contributed by atoms with Crippen molar-refractivity contribution in [2.75, 3.05) is 19.6 Å². The van der Waals surface area contributed by atoms with Gasteiger partial charge in [0.2, 0.25) is 5.91 Å². The Bertz CT molecular complexity index is 443. The lowest BCUT2D eigenvalue weighted by atomic mass is 10.1. The highest BCUT2D eigenvalue weighted by molar-refractivity contribution is 5.77. The number of non-ortho nitro benzene ring substituents is 1. The fourth-order valence-electron chi connectivity index (χ4n) is 1.60. The molecule has 1 aromatic rings. The molecule has 2 N–H and O–H groups in total. The molecule has 0 spiro atoms. The highest BCUT2D eigenvalue weighted by atomic mass is 16.6. The highest BCUT2D eigenvalue weighted by Crippen LogP contribution is 2.11. The van der Waals surface area contributed by atoms with Crippen LogP contribution >= 0.6 is 0 Å². The molecule has 0 unspecified atom stereocenters. The van der Waals surface area contributed by atoms with Crippen LogP contribution < -0.4 is 10.6 Å². The van der Waals surface area contributed by atoms with Crippen LogP contribution in [0.25, 0.3) is 0 Å². The van der Waals surface area contributed by atoms with E-state index >= 15 is 0 Å². The molecular weight excluding hydrogens is 258 g/mol. The maximum absolute atomic E-state index is 11.4.